The van der Waals surface area contributed by atoms with E-state index in [0.717, 1.165) is 18.1 Å². The van der Waals surface area contributed by atoms with Crippen molar-refractivity contribution in [3.63, 3.8) is 0 Å². The Hall–Kier alpha value is -3.00. The van der Waals surface area contributed by atoms with Gasteiger partial charge in [0.1, 0.15) is 5.75 Å². The van der Waals surface area contributed by atoms with Crippen molar-refractivity contribution in [3.8, 4) is 5.75 Å². The molecule has 8 nitrogen and oxygen atoms in total. The van der Waals surface area contributed by atoms with E-state index in [1.807, 2.05) is 31.2 Å². The Labute approximate surface area is 170 Å². The molecule has 0 saturated carbocycles. The fourth-order valence-electron chi connectivity index (χ4n) is 3.23. The van der Waals surface area contributed by atoms with Crippen molar-refractivity contribution in [2.75, 3.05) is 46.4 Å². The van der Waals surface area contributed by atoms with Gasteiger partial charge in [-0.2, -0.15) is 0 Å². The second-order valence-corrected chi connectivity index (χ2v) is 6.74. The van der Waals surface area contributed by atoms with E-state index in [1.165, 1.54) is 6.26 Å². The molecule has 0 radical (unpaired) electrons. The SMILES string of the molecule is CCNC(=NCC(O)c1cccc(OC)c1)N1CCN(C(=O)c2ccco2)CC1. The molecule has 1 saturated heterocycles. The lowest BCUT2D eigenvalue weighted by Crippen LogP contribution is -2.53. The van der Waals surface area contributed by atoms with Gasteiger partial charge in [0.15, 0.2) is 11.7 Å². The average Bonchev–Trinajstić information content (AvgIpc) is 3.31. The van der Waals surface area contributed by atoms with Crippen molar-refractivity contribution in [2.24, 2.45) is 4.99 Å². The Bertz CT molecular complexity index is 814. The van der Waals surface area contributed by atoms with Gasteiger partial charge >= 0.3 is 0 Å². The van der Waals surface area contributed by atoms with Crippen LogP contribution in [0.25, 0.3) is 0 Å². The zero-order chi connectivity index (χ0) is 20.6. The molecule has 1 atom stereocenters. The number of benzene rings is 1. The molecule has 1 aromatic carbocycles. The van der Waals surface area contributed by atoms with Gasteiger partial charge in [0, 0.05) is 32.7 Å². The first kappa shape index (κ1) is 20.7. The number of hydrogen-bond acceptors (Lipinski definition) is 5. The van der Waals surface area contributed by atoms with Crippen LogP contribution in [0.5, 0.6) is 5.75 Å². The summed E-state index contributed by atoms with van der Waals surface area (Å²) in [5.74, 6) is 1.71. The van der Waals surface area contributed by atoms with E-state index >= 15 is 0 Å². The van der Waals surface area contributed by atoms with Gasteiger partial charge < -0.3 is 29.4 Å². The van der Waals surface area contributed by atoms with E-state index < -0.39 is 6.10 Å². The molecule has 156 valence electrons. The Kier molecular flexibility index (Phi) is 7.13. The minimum Gasteiger partial charge on any atom is -0.497 e. The Morgan fingerprint density at radius 2 is 2.00 bits per heavy atom. The maximum atomic E-state index is 12.4. The molecule has 1 unspecified atom stereocenters. The molecule has 1 fully saturated rings. The molecule has 29 heavy (non-hydrogen) atoms. The van der Waals surface area contributed by atoms with Gasteiger partial charge in [0.2, 0.25) is 0 Å². The van der Waals surface area contributed by atoms with E-state index in [-0.39, 0.29) is 12.5 Å². The molecule has 3 rings (SSSR count). The molecule has 1 aliphatic rings. The number of carbonyl (C=O) groups excluding carboxylic acids is 1. The number of guanidine groups is 1. The summed E-state index contributed by atoms with van der Waals surface area (Å²) < 4.78 is 10.4. The van der Waals surface area contributed by atoms with E-state index in [0.29, 0.717) is 37.7 Å². The van der Waals surface area contributed by atoms with Gasteiger partial charge in [-0.15, -0.1) is 0 Å². The minimum atomic E-state index is -0.722. The molecule has 8 heteroatoms. The smallest absolute Gasteiger partial charge is 0.289 e. The zero-order valence-electron chi connectivity index (χ0n) is 16.9. The highest BCUT2D eigenvalue weighted by atomic mass is 16.5. The number of furan rings is 1. The number of aliphatic hydroxyl groups is 1. The summed E-state index contributed by atoms with van der Waals surface area (Å²) in [5, 5.41) is 13.8. The van der Waals surface area contributed by atoms with Crippen molar-refractivity contribution in [2.45, 2.75) is 13.0 Å². The van der Waals surface area contributed by atoms with Crippen molar-refractivity contribution in [1.29, 1.82) is 0 Å². The summed E-state index contributed by atoms with van der Waals surface area (Å²) in [4.78, 5) is 20.9. The van der Waals surface area contributed by atoms with Gasteiger partial charge in [-0.1, -0.05) is 12.1 Å². The fraction of sp³-hybridized carbons (Fsp3) is 0.429. The molecule has 1 aliphatic heterocycles. The van der Waals surface area contributed by atoms with Crippen LogP contribution in [0.15, 0.2) is 52.1 Å². The first-order chi connectivity index (χ1) is 14.1. The molecular weight excluding hydrogens is 372 g/mol. The van der Waals surface area contributed by atoms with Crippen molar-refractivity contribution < 1.29 is 19.1 Å². The zero-order valence-corrected chi connectivity index (χ0v) is 16.9. The Morgan fingerprint density at radius 3 is 2.66 bits per heavy atom. The lowest BCUT2D eigenvalue weighted by molar-refractivity contribution is 0.0657. The maximum Gasteiger partial charge on any atom is 0.289 e. The maximum absolute atomic E-state index is 12.4. The predicted molar refractivity (Wildman–Crippen MR) is 110 cm³/mol. The summed E-state index contributed by atoms with van der Waals surface area (Å²) in [6.07, 6.45) is 0.785. The lowest BCUT2D eigenvalue weighted by Gasteiger charge is -2.36. The third kappa shape index (κ3) is 5.29. The topological polar surface area (TPSA) is 90.5 Å². The number of nitrogens with one attached hydrogen (secondary N) is 1. The monoisotopic (exact) mass is 400 g/mol. The molecular formula is C21H28N4O4. The number of aliphatic hydroxyl groups excluding tert-OH is 1. The van der Waals surface area contributed by atoms with E-state index in [1.54, 1.807) is 24.1 Å². The van der Waals surface area contributed by atoms with Crippen LogP contribution in [0.2, 0.25) is 0 Å². The second-order valence-electron chi connectivity index (χ2n) is 6.74. The number of aliphatic imine (C=N–C) groups is 1. The van der Waals surface area contributed by atoms with Gasteiger partial charge in [0.05, 0.1) is 26.0 Å². The normalized spacial score (nSPS) is 15.9. The summed E-state index contributed by atoms with van der Waals surface area (Å²) in [6.45, 7) is 5.46. The van der Waals surface area contributed by atoms with E-state index in [4.69, 9.17) is 9.15 Å². The minimum absolute atomic E-state index is 0.0926. The van der Waals surface area contributed by atoms with Gasteiger partial charge in [-0.3, -0.25) is 9.79 Å². The van der Waals surface area contributed by atoms with Crippen molar-refractivity contribution in [3.05, 3.63) is 54.0 Å². The number of amides is 1. The summed E-state index contributed by atoms with van der Waals surface area (Å²) in [5.41, 5.74) is 0.762. The number of hydrogen-bond donors (Lipinski definition) is 2. The lowest BCUT2D eigenvalue weighted by atomic mass is 10.1. The number of methoxy groups -OCH3 is 1. The van der Waals surface area contributed by atoms with Gasteiger partial charge in [-0.05, 0) is 36.8 Å². The van der Waals surface area contributed by atoms with Crippen LogP contribution in [0.4, 0.5) is 0 Å². The van der Waals surface area contributed by atoms with Crippen LogP contribution in [-0.2, 0) is 0 Å². The first-order valence-electron chi connectivity index (χ1n) is 9.80. The van der Waals surface area contributed by atoms with Crippen molar-refractivity contribution >= 4 is 11.9 Å². The van der Waals surface area contributed by atoms with Crippen LogP contribution in [0.3, 0.4) is 0 Å². The standard InChI is InChI=1S/C21H28N4O4/c1-3-22-21(23-15-18(26)16-6-4-7-17(14-16)28-2)25-11-9-24(10-12-25)20(27)19-8-5-13-29-19/h4-8,13-14,18,26H,3,9-12,15H2,1-2H3,(H,22,23). The number of nitrogens with zero attached hydrogens (tertiary/aromatic N) is 3. The number of piperazine rings is 1. The molecule has 1 amide bonds. The second kappa shape index (κ2) is 9.97. The van der Waals surface area contributed by atoms with E-state index in [9.17, 15) is 9.90 Å². The van der Waals surface area contributed by atoms with Crippen LogP contribution in [-0.4, -0.2) is 73.2 Å². The summed E-state index contributed by atoms with van der Waals surface area (Å²) in [6, 6.07) is 10.8. The average molecular weight is 400 g/mol. The van der Waals surface area contributed by atoms with E-state index in [2.05, 4.69) is 15.2 Å². The highest BCUT2D eigenvalue weighted by Crippen LogP contribution is 2.19. The molecule has 0 bridgehead atoms. The largest absolute Gasteiger partial charge is 0.497 e. The highest BCUT2D eigenvalue weighted by Gasteiger charge is 2.25. The Balaban J connectivity index is 1.60. The summed E-state index contributed by atoms with van der Waals surface area (Å²) in [7, 11) is 1.60. The van der Waals surface area contributed by atoms with Crippen molar-refractivity contribution in [1.82, 2.24) is 15.1 Å². The van der Waals surface area contributed by atoms with Crippen LogP contribution < -0.4 is 10.1 Å². The number of ether oxygens (including phenoxy) is 1. The predicted octanol–water partition coefficient (Wildman–Crippen LogP) is 1.75. The molecule has 2 N–H and O–H groups in total. The van der Waals surface area contributed by atoms with Gasteiger partial charge in [-0.25, -0.2) is 0 Å². The quantitative estimate of drug-likeness (QED) is 0.567. The molecule has 2 aromatic rings. The molecule has 2 heterocycles. The number of rotatable bonds is 6. The highest BCUT2D eigenvalue weighted by molar-refractivity contribution is 5.91. The van der Waals surface area contributed by atoms with Gasteiger partial charge in [0.25, 0.3) is 5.91 Å². The van der Waals surface area contributed by atoms with Crippen LogP contribution in [0, 0.1) is 0 Å². The third-order valence-corrected chi connectivity index (χ3v) is 4.83. The molecule has 0 aliphatic carbocycles. The third-order valence-electron chi connectivity index (χ3n) is 4.83. The van der Waals surface area contributed by atoms with Crippen LogP contribution in [0.1, 0.15) is 29.1 Å². The molecule has 1 aromatic heterocycles. The Morgan fingerprint density at radius 1 is 1.24 bits per heavy atom. The first-order valence-corrected chi connectivity index (χ1v) is 9.80. The molecule has 0 spiro atoms. The fourth-order valence-corrected chi connectivity index (χ4v) is 3.23. The van der Waals surface area contributed by atoms with Crippen LogP contribution >= 0.6 is 0 Å². The summed E-state index contributed by atoms with van der Waals surface area (Å²) >= 11 is 0. The number of carbonyl (C=O) groups is 1.